The van der Waals surface area contributed by atoms with Gasteiger partial charge in [0.05, 0.1) is 16.6 Å². The fourth-order valence-electron chi connectivity index (χ4n) is 2.75. The highest BCUT2D eigenvalue weighted by Crippen LogP contribution is 2.26. The Morgan fingerprint density at radius 3 is 2.45 bits per heavy atom. The van der Waals surface area contributed by atoms with E-state index in [9.17, 15) is 4.79 Å². The number of carbonyl (C=O) groups is 1. The third-order valence-corrected chi connectivity index (χ3v) is 6.76. The van der Waals surface area contributed by atoms with E-state index in [1.54, 1.807) is 46.6 Å². The molecular formula is C21H18Cl4N2OS. The van der Waals surface area contributed by atoms with Crippen LogP contribution in [0.4, 0.5) is 10.5 Å². The molecule has 0 spiro atoms. The Balaban J connectivity index is 1.76. The number of thiophene rings is 1. The molecule has 2 amide bonds. The van der Waals surface area contributed by atoms with Crippen molar-refractivity contribution >= 4 is 69.5 Å². The molecule has 3 aromatic rings. The van der Waals surface area contributed by atoms with Crippen molar-refractivity contribution in [3.8, 4) is 0 Å². The van der Waals surface area contributed by atoms with Gasteiger partial charge in [-0.05, 0) is 66.2 Å². The van der Waals surface area contributed by atoms with Crippen molar-refractivity contribution in [3.63, 3.8) is 0 Å². The van der Waals surface area contributed by atoms with Crippen molar-refractivity contribution in [2.24, 2.45) is 0 Å². The molecule has 0 saturated carbocycles. The minimum atomic E-state index is -0.221. The molecular weight excluding hydrogens is 470 g/mol. The molecule has 0 aliphatic rings. The number of hydrogen-bond acceptors (Lipinski definition) is 2. The summed E-state index contributed by atoms with van der Waals surface area (Å²) in [4.78, 5) is 15.9. The van der Waals surface area contributed by atoms with Gasteiger partial charge in [0, 0.05) is 27.2 Å². The number of aryl methyl sites for hydroxylation is 1. The fraction of sp³-hybridized carbons (Fsp3) is 0.190. The van der Waals surface area contributed by atoms with Crippen LogP contribution in [0.3, 0.4) is 0 Å². The van der Waals surface area contributed by atoms with E-state index in [1.807, 2.05) is 24.4 Å². The number of nitrogens with one attached hydrogen (secondary N) is 1. The zero-order valence-electron chi connectivity index (χ0n) is 15.5. The van der Waals surface area contributed by atoms with Gasteiger partial charge in [0.15, 0.2) is 0 Å². The van der Waals surface area contributed by atoms with Gasteiger partial charge in [0.1, 0.15) is 0 Å². The SMILES string of the molecule is Cc1ccsc1CN(CCc1ccc(Cl)cc1Cl)C(=O)Nc1ccc(Cl)c(Cl)c1. The standard InChI is InChI=1S/C21H18Cl4N2OS/c1-13-7-9-29-20(13)12-27(8-6-14-2-3-15(22)10-18(14)24)21(28)26-16-4-5-17(23)19(25)11-16/h2-5,7,9-11H,6,8,12H2,1H3,(H,26,28). The first-order valence-corrected chi connectivity index (χ1v) is 11.2. The van der Waals surface area contributed by atoms with Gasteiger partial charge >= 0.3 is 6.03 Å². The molecule has 1 heterocycles. The number of halogens is 4. The lowest BCUT2D eigenvalue weighted by molar-refractivity contribution is 0.210. The van der Waals surface area contributed by atoms with Gasteiger partial charge in [-0.15, -0.1) is 11.3 Å². The number of hydrogen-bond donors (Lipinski definition) is 1. The van der Waals surface area contributed by atoms with Crippen LogP contribution in [0, 0.1) is 6.92 Å². The van der Waals surface area contributed by atoms with Crippen LogP contribution in [0.25, 0.3) is 0 Å². The van der Waals surface area contributed by atoms with Crippen LogP contribution < -0.4 is 5.32 Å². The summed E-state index contributed by atoms with van der Waals surface area (Å²) >= 11 is 25.9. The second kappa shape index (κ2) is 10.1. The maximum Gasteiger partial charge on any atom is 0.322 e. The van der Waals surface area contributed by atoms with Crippen LogP contribution in [-0.4, -0.2) is 17.5 Å². The Kier molecular flexibility index (Phi) is 7.72. The molecule has 0 aliphatic heterocycles. The molecule has 0 radical (unpaired) electrons. The first-order chi connectivity index (χ1) is 13.8. The highest BCUT2D eigenvalue weighted by Gasteiger charge is 2.17. The van der Waals surface area contributed by atoms with E-state index in [4.69, 9.17) is 46.4 Å². The quantitative estimate of drug-likeness (QED) is 0.375. The molecule has 0 saturated heterocycles. The molecule has 0 atom stereocenters. The number of rotatable bonds is 6. The van der Waals surface area contributed by atoms with Gasteiger partial charge in [-0.25, -0.2) is 4.79 Å². The van der Waals surface area contributed by atoms with Gasteiger partial charge in [0.25, 0.3) is 0 Å². The van der Waals surface area contributed by atoms with E-state index >= 15 is 0 Å². The maximum absolute atomic E-state index is 13.0. The van der Waals surface area contributed by atoms with Crippen molar-refractivity contribution < 1.29 is 4.79 Å². The molecule has 0 fully saturated rings. The Morgan fingerprint density at radius 1 is 1.00 bits per heavy atom. The highest BCUT2D eigenvalue weighted by molar-refractivity contribution is 7.10. The number of urea groups is 1. The summed E-state index contributed by atoms with van der Waals surface area (Å²) in [5.74, 6) is 0. The summed E-state index contributed by atoms with van der Waals surface area (Å²) in [6.45, 7) is 3.03. The van der Waals surface area contributed by atoms with Crippen LogP contribution in [0.15, 0.2) is 47.8 Å². The van der Waals surface area contributed by atoms with Gasteiger partial charge in [-0.1, -0.05) is 52.5 Å². The minimum Gasteiger partial charge on any atom is -0.319 e. The Hall–Kier alpha value is -1.43. The van der Waals surface area contributed by atoms with Crippen LogP contribution in [0.2, 0.25) is 20.1 Å². The maximum atomic E-state index is 13.0. The molecule has 29 heavy (non-hydrogen) atoms. The lowest BCUT2D eigenvalue weighted by Crippen LogP contribution is -2.36. The summed E-state index contributed by atoms with van der Waals surface area (Å²) in [5, 5.41) is 6.92. The number of carbonyl (C=O) groups excluding carboxylic acids is 1. The van der Waals surface area contributed by atoms with Crippen LogP contribution in [-0.2, 0) is 13.0 Å². The molecule has 2 aromatic carbocycles. The van der Waals surface area contributed by atoms with Crippen molar-refractivity contribution in [1.82, 2.24) is 4.90 Å². The molecule has 152 valence electrons. The molecule has 0 unspecified atom stereocenters. The predicted molar refractivity (Wildman–Crippen MR) is 125 cm³/mol. The van der Waals surface area contributed by atoms with Crippen molar-refractivity contribution in [3.05, 3.63) is 83.9 Å². The van der Waals surface area contributed by atoms with Gasteiger partial charge in [0.2, 0.25) is 0 Å². The number of anilines is 1. The lowest BCUT2D eigenvalue weighted by atomic mass is 10.1. The van der Waals surface area contributed by atoms with E-state index < -0.39 is 0 Å². The van der Waals surface area contributed by atoms with E-state index in [1.165, 1.54) is 0 Å². The number of benzene rings is 2. The lowest BCUT2D eigenvalue weighted by Gasteiger charge is -2.23. The molecule has 0 aliphatic carbocycles. The molecule has 3 rings (SSSR count). The van der Waals surface area contributed by atoms with E-state index in [0.29, 0.717) is 45.3 Å². The van der Waals surface area contributed by atoms with Crippen molar-refractivity contribution in [2.45, 2.75) is 19.9 Å². The fourth-order valence-corrected chi connectivity index (χ4v) is 4.47. The predicted octanol–water partition coefficient (Wildman–Crippen LogP) is 7.95. The average Bonchev–Trinajstić information content (AvgIpc) is 3.07. The van der Waals surface area contributed by atoms with E-state index in [-0.39, 0.29) is 6.03 Å². The Morgan fingerprint density at radius 2 is 1.79 bits per heavy atom. The van der Waals surface area contributed by atoms with E-state index in [2.05, 4.69) is 5.32 Å². The summed E-state index contributed by atoms with van der Waals surface area (Å²) in [7, 11) is 0. The third kappa shape index (κ3) is 6.03. The average molecular weight is 488 g/mol. The second-order valence-corrected chi connectivity index (χ2v) is 9.15. The molecule has 1 aromatic heterocycles. The first-order valence-electron chi connectivity index (χ1n) is 8.81. The molecule has 3 nitrogen and oxygen atoms in total. The summed E-state index contributed by atoms with van der Waals surface area (Å²) in [5.41, 5.74) is 2.68. The second-order valence-electron chi connectivity index (χ2n) is 6.49. The van der Waals surface area contributed by atoms with E-state index in [0.717, 1.165) is 16.0 Å². The largest absolute Gasteiger partial charge is 0.322 e. The summed E-state index contributed by atoms with van der Waals surface area (Å²) < 4.78 is 0. The summed E-state index contributed by atoms with van der Waals surface area (Å²) in [6, 6.07) is 12.2. The first kappa shape index (κ1) is 22.3. The molecule has 8 heteroatoms. The van der Waals surface area contributed by atoms with Crippen molar-refractivity contribution in [2.75, 3.05) is 11.9 Å². The van der Waals surface area contributed by atoms with Gasteiger partial charge in [-0.3, -0.25) is 0 Å². The normalized spacial score (nSPS) is 10.8. The zero-order valence-corrected chi connectivity index (χ0v) is 19.4. The monoisotopic (exact) mass is 486 g/mol. The minimum absolute atomic E-state index is 0.221. The molecule has 0 bridgehead atoms. The Labute approximate surface area is 194 Å². The highest BCUT2D eigenvalue weighted by atomic mass is 35.5. The number of nitrogens with zero attached hydrogens (tertiary/aromatic N) is 1. The smallest absolute Gasteiger partial charge is 0.319 e. The zero-order chi connectivity index (χ0) is 21.0. The topological polar surface area (TPSA) is 32.3 Å². The van der Waals surface area contributed by atoms with Crippen LogP contribution >= 0.6 is 57.7 Å². The molecule has 1 N–H and O–H groups in total. The van der Waals surface area contributed by atoms with Crippen molar-refractivity contribution in [1.29, 1.82) is 0 Å². The summed E-state index contributed by atoms with van der Waals surface area (Å²) in [6.07, 6.45) is 0.606. The van der Waals surface area contributed by atoms with Gasteiger partial charge in [-0.2, -0.15) is 0 Å². The van der Waals surface area contributed by atoms with Crippen LogP contribution in [0.5, 0.6) is 0 Å². The number of amides is 2. The third-order valence-electron chi connectivity index (χ3n) is 4.43. The Bertz CT molecular complexity index is 1020. The van der Waals surface area contributed by atoms with Gasteiger partial charge < -0.3 is 10.2 Å². The van der Waals surface area contributed by atoms with Crippen LogP contribution in [0.1, 0.15) is 16.0 Å².